The number of likely N-dealkylation sites (tertiary alicyclic amines) is 1. The molecule has 1 aliphatic heterocycles. The summed E-state index contributed by atoms with van der Waals surface area (Å²) in [6.07, 6.45) is 1.96. The van der Waals surface area contributed by atoms with Crippen LogP contribution >= 0.6 is 0 Å². The van der Waals surface area contributed by atoms with E-state index in [0.29, 0.717) is 25.4 Å². The van der Waals surface area contributed by atoms with Crippen LogP contribution in [0.5, 0.6) is 5.88 Å². The lowest BCUT2D eigenvalue weighted by atomic mass is 10.0. The predicted molar refractivity (Wildman–Crippen MR) is 81.0 cm³/mol. The van der Waals surface area contributed by atoms with Crippen LogP contribution in [0.2, 0.25) is 0 Å². The lowest BCUT2D eigenvalue weighted by Crippen LogP contribution is -2.24. The first-order valence-corrected chi connectivity index (χ1v) is 7.33. The third kappa shape index (κ3) is 3.10. The van der Waals surface area contributed by atoms with Gasteiger partial charge in [0.2, 0.25) is 5.88 Å². The molecular weight excluding hydrogens is 283 g/mol. The van der Waals surface area contributed by atoms with Gasteiger partial charge in [-0.05, 0) is 30.2 Å². The van der Waals surface area contributed by atoms with Crippen molar-refractivity contribution in [1.82, 2.24) is 9.88 Å². The Balaban J connectivity index is 1.83. The van der Waals surface area contributed by atoms with Crippen molar-refractivity contribution in [3.63, 3.8) is 0 Å². The molecule has 0 bridgehead atoms. The second kappa shape index (κ2) is 6.42. The molecule has 2 aromatic rings. The Morgan fingerprint density at radius 1 is 1.32 bits per heavy atom. The second-order valence-corrected chi connectivity index (χ2v) is 5.56. The number of pyridine rings is 1. The number of halogens is 1. The summed E-state index contributed by atoms with van der Waals surface area (Å²) in [5, 5.41) is 10.0. The van der Waals surface area contributed by atoms with E-state index in [2.05, 4.69) is 9.88 Å². The lowest BCUT2D eigenvalue weighted by molar-refractivity contribution is 0.172. The number of rotatable bonds is 4. The van der Waals surface area contributed by atoms with E-state index < -0.39 is 0 Å². The largest absolute Gasteiger partial charge is 0.481 e. The Bertz CT molecular complexity index is 633. The van der Waals surface area contributed by atoms with Crippen molar-refractivity contribution in [3.05, 3.63) is 59.5 Å². The number of ether oxygens (including phenoxy) is 1. The van der Waals surface area contributed by atoms with Gasteiger partial charge >= 0.3 is 0 Å². The number of aliphatic hydroxyl groups excluding tert-OH is 1. The first-order valence-electron chi connectivity index (χ1n) is 7.33. The Hall–Kier alpha value is -1.98. The van der Waals surface area contributed by atoms with Gasteiger partial charge < -0.3 is 9.84 Å². The minimum absolute atomic E-state index is 0.0699. The zero-order chi connectivity index (χ0) is 15.5. The molecule has 0 aliphatic carbocycles. The van der Waals surface area contributed by atoms with Crippen LogP contribution in [0.4, 0.5) is 4.39 Å². The minimum Gasteiger partial charge on any atom is -0.481 e. The molecule has 0 amide bonds. The number of β-amino-alcohol motifs (C(OH)–C–C–N with tert-alkyl or cyclic N) is 1. The zero-order valence-electron chi connectivity index (χ0n) is 12.4. The molecule has 1 N–H and O–H groups in total. The van der Waals surface area contributed by atoms with Crippen molar-refractivity contribution in [2.75, 3.05) is 13.7 Å². The first-order chi connectivity index (χ1) is 10.7. The fourth-order valence-electron chi connectivity index (χ4n) is 3.03. The van der Waals surface area contributed by atoms with Crippen LogP contribution in [-0.4, -0.2) is 34.7 Å². The Labute approximate surface area is 129 Å². The van der Waals surface area contributed by atoms with Gasteiger partial charge in [-0.3, -0.25) is 4.90 Å². The molecule has 116 valence electrons. The summed E-state index contributed by atoms with van der Waals surface area (Å²) in [5.74, 6) is 0.351. The third-order valence-electron chi connectivity index (χ3n) is 4.05. The van der Waals surface area contributed by atoms with Gasteiger partial charge in [-0.25, -0.2) is 9.37 Å². The molecule has 0 saturated carbocycles. The van der Waals surface area contributed by atoms with Crippen LogP contribution in [0.3, 0.4) is 0 Å². The van der Waals surface area contributed by atoms with Crippen LogP contribution in [-0.2, 0) is 6.54 Å². The highest BCUT2D eigenvalue weighted by Gasteiger charge is 2.32. The van der Waals surface area contributed by atoms with Crippen molar-refractivity contribution in [3.8, 4) is 5.88 Å². The SMILES string of the molecule is COc1ncccc1CN1C[C@H](O)C[C@H]1c1ccc(F)cc1. The van der Waals surface area contributed by atoms with Gasteiger partial charge in [0.15, 0.2) is 0 Å². The van der Waals surface area contributed by atoms with E-state index in [1.54, 1.807) is 25.4 Å². The van der Waals surface area contributed by atoms with Gasteiger partial charge in [0.1, 0.15) is 5.82 Å². The average Bonchev–Trinajstić information content (AvgIpc) is 2.89. The van der Waals surface area contributed by atoms with Gasteiger partial charge in [-0.2, -0.15) is 0 Å². The topological polar surface area (TPSA) is 45.6 Å². The monoisotopic (exact) mass is 302 g/mol. The number of benzene rings is 1. The summed E-state index contributed by atoms with van der Waals surface area (Å²) in [6.45, 7) is 1.22. The standard InChI is InChI=1S/C17H19FN2O2/c1-22-17-13(3-2-8-19-17)10-20-11-15(21)9-16(20)12-4-6-14(18)7-5-12/h2-8,15-16,21H,9-11H2,1H3/t15-,16+/m1/s1. The highest BCUT2D eigenvalue weighted by Crippen LogP contribution is 2.34. The molecule has 5 heteroatoms. The summed E-state index contributed by atoms with van der Waals surface area (Å²) in [5.41, 5.74) is 1.99. The Morgan fingerprint density at radius 3 is 2.82 bits per heavy atom. The number of aromatic nitrogens is 1. The Morgan fingerprint density at radius 2 is 2.09 bits per heavy atom. The minimum atomic E-state index is -0.377. The van der Waals surface area contributed by atoms with Gasteiger partial charge in [0, 0.05) is 30.9 Å². The molecule has 1 aromatic heterocycles. The second-order valence-electron chi connectivity index (χ2n) is 5.56. The summed E-state index contributed by atoms with van der Waals surface area (Å²) < 4.78 is 18.4. The van der Waals surface area contributed by atoms with E-state index >= 15 is 0 Å². The number of nitrogens with zero attached hydrogens (tertiary/aromatic N) is 2. The van der Waals surface area contributed by atoms with E-state index in [1.807, 2.05) is 12.1 Å². The van der Waals surface area contributed by atoms with Crippen LogP contribution in [0, 0.1) is 5.82 Å². The molecule has 2 atom stereocenters. The molecule has 22 heavy (non-hydrogen) atoms. The van der Waals surface area contributed by atoms with Crippen molar-refractivity contribution in [1.29, 1.82) is 0 Å². The summed E-state index contributed by atoms with van der Waals surface area (Å²) in [4.78, 5) is 6.38. The number of methoxy groups -OCH3 is 1. The van der Waals surface area contributed by atoms with Crippen molar-refractivity contribution in [2.24, 2.45) is 0 Å². The van der Waals surface area contributed by atoms with Gasteiger partial charge in [-0.15, -0.1) is 0 Å². The molecule has 0 radical (unpaired) electrons. The summed E-state index contributed by atoms with van der Waals surface area (Å²) in [7, 11) is 1.60. The fraction of sp³-hybridized carbons (Fsp3) is 0.353. The maximum atomic E-state index is 13.1. The van der Waals surface area contributed by atoms with E-state index in [-0.39, 0.29) is 18.0 Å². The van der Waals surface area contributed by atoms with Crippen molar-refractivity contribution in [2.45, 2.75) is 25.1 Å². The van der Waals surface area contributed by atoms with Gasteiger partial charge in [-0.1, -0.05) is 18.2 Å². The number of hydrogen-bond donors (Lipinski definition) is 1. The van der Waals surface area contributed by atoms with Crippen LogP contribution in [0.1, 0.15) is 23.6 Å². The molecule has 0 spiro atoms. The molecular formula is C17H19FN2O2. The quantitative estimate of drug-likeness (QED) is 0.943. The van der Waals surface area contributed by atoms with Crippen LogP contribution in [0.25, 0.3) is 0 Å². The molecule has 1 saturated heterocycles. The maximum absolute atomic E-state index is 13.1. The fourth-order valence-corrected chi connectivity index (χ4v) is 3.03. The molecule has 0 unspecified atom stereocenters. The van der Waals surface area contributed by atoms with Crippen molar-refractivity contribution < 1.29 is 14.2 Å². The summed E-state index contributed by atoms with van der Waals surface area (Å²) in [6, 6.07) is 10.4. The average molecular weight is 302 g/mol. The lowest BCUT2D eigenvalue weighted by Gasteiger charge is -2.25. The maximum Gasteiger partial charge on any atom is 0.217 e. The zero-order valence-corrected chi connectivity index (χ0v) is 12.4. The van der Waals surface area contributed by atoms with E-state index in [4.69, 9.17) is 4.74 Å². The van der Waals surface area contributed by atoms with Gasteiger partial charge in [0.05, 0.1) is 13.2 Å². The predicted octanol–water partition coefficient (Wildman–Crippen LogP) is 2.54. The first kappa shape index (κ1) is 14.9. The number of hydrogen-bond acceptors (Lipinski definition) is 4. The highest BCUT2D eigenvalue weighted by atomic mass is 19.1. The summed E-state index contributed by atoms with van der Waals surface area (Å²) >= 11 is 0. The molecule has 3 rings (SSSR count). The van der Waals surface area contributed by atoms with Crippen LogP contribution < -0.4 is 4.74 Å². The van der Waals surface area contributed by atoms with E-state index in [1.165, 1.54) is 12.1 Å². The molecule has 2 heterocycles. The molecule has 1 aromatic carbocycles. The van der Waals surface area contributed by atoms with E-state index in [0.717, 1.165) is 11.1 Å². The van der Waals surface area contributed by atoms with Crippen molar-refractivity contribution >= 4 is 0 Å². The van der Waals surface area contributed by atoms with Crippen LogP contribution in [0.15, 0.2) is 42.6 Å². The molecule has 1 aliphatic rings. The highest BCUT2D eigenvalue weighted by molar-refractivity contribution is 5.27. The molecule has 4 nitrogen and oxygen atoms in total. The smallest absolute Gasteiger partial charge is 0.217 e. The Kier molecular flexibility index (Phi) is 4.36. The third-order valence-corrected chi connectivity index (χ3v) is 4.05. The molecule has 1 fully saturated rings. The van der Waals surface area contributed by atoms with Gasteiger partial charge in [0.25, 0.3) is 0 Å². The number of aliphatic hydroxyl groups is 1. The van der Waals surface area contributed by atoms with E-state index in [9.17, 15) is 9.50 Å². The normalized spacial score (nSPS) is 22.0.